The summed E-state index contributed by atoms with van der Waals surface area (Å²) in [7, 11) is 8.76. The van der Waals surface area contributed by atoms with Crippen molar-refractivity contribution >= 4 is 11.3 Å². The minimum atomic E-state index is 0.413. The Balaban J connectivity index is 1.80. The summed E-state index contributed by atoms with van der Waals surface area (Å²) in [5.41, 5.74) is 6.27. The molecule has 2 N–H and O–H groups in total. The molecule has 0 saturated heterocycles. The van der Waals surface area contributed by atoms with E-state index in [1.165, 1.54) is 58.9 Å². The number of hydrogen-bond acceptors (Lipinski definition) is 0. The van der Waals surface area contributed by atoms with Crippen LogP contribution in [0, 0.1) is 14.1 Å². The maximum Gasteiger partial charge on any atom is 0.143 e. The van der Waals surface area contributed by atoms with E-state index in [4.69, 9.17) is 0 Å². The Morgan fingerprint density at radius 3 is 2.58 bits per heavy atom. The van der Waals surface area contributed by atoms with Gasteiger partial charge >= 0.3 is 0 Å². The van der Waals surface area contributed by atoms with Crippen molar-refractivity contribution in [2.75, 3.05) is 6.54 Å². The molecule has 100 valence electrons. The van der Waals surface area contributed by atoms with E-state index < -0.39 is 0 Å². The summed E-state index contributed by atoms with van der Waals surface area (Å²) in [6.07, 6.45) is 6.65. The van der Waals surface area contributed by atoms with E-state index in [1.807, 2.05) is 0 Å². The minimum Gasteiger partial charge on any atom is -0.455 e. The first-order valence-electron chi connectivity index (χ1n) is 7.41. The lowest BCUT2D eigenvalue weighted by Gasteiger charge is -2.45. The lowest BCUT2D eigenvalue weighted by Crippen LogP contribution is -3.19. The molecule has 1 saturated carbocycles. The Kier molecular flexibility index (Phi) is 2.42. The molecule has 1 aliphatic carbocycles. The first kappa shape index (κ1) is 11.7. The lowest BCUT2D eigenvalue weighted by atomic mass is 9.82. The van der Waals surface area contributed by atoms with Crippen LogP contribution in [-0.4, -0.2) is 12.1 Å². The molecule has 1 fully saturated rings. The molecule has 2 heterocycles. The van der Waals surface area contributed by atoms with E-state index in [0.29, 0.717) is 5.54 Å². The number of rotatable bonds is 0. The summed E-state index contributed by atoms with van der Waals surface area (Å²) < 4.78 is 0. The first-order valence-corrected chi connectivity index (χ1v) is 7.41. The highest BCUT2D eigenvalue weighted by molar-refractivity contribution is 5.78. The van der Waals surface area contributed by atoms with Crippen molar-refractivity contribution in [3.63, 3.8) is 0 Å². The van der Waals surface area contributed by atoms with Crippen LogP contribution in [0.1, 0.15) is 37.7 Å². The van der Waals surface area contributed by atoms with Crippen LogP contribution >= 0.6 is 0 Å². The molecule has 2 aliphatic heterocycles. The van der Waals surface area contributed by atoms with Gasteiger partial charge in [-0.15, -0.1) is 14.1 Å². The van der Waals surface area contributed by atoms with Gasteiger partial charge in [0.15, 0.2) is 0 Å². The summed E-state index contributed by atoms with van der Waals surface area (Å²) in [5, 5.41) is 0. The van der Waals surface area contributed by atoms with E-state index in [9.17, 15) is 0 Å². The fourth-order valence-corrected chi connectivity index (χ4v) is 4.38. The molecule has 0 radical (unpaired) electrons. The zero-order valence-electron chi connectivity index (χ0n) is 11.5. The van der Waals surface area contributed by atoms with Gasteiger partial charge in [-0.2, -0.15) is 0 Å². The van der Waals surface area contributed by atoms with Gasteiger partial charge in [0.2, 0.25) is 0 Å². The standard InChI is InChI=1S/C17H22N2/c1-18-12-16-14(11-17(18)9-5-6-10-17)13-7-3-4-8-15(13)19(16)2/h3-4,7-8,18-19H,1-2,5-6,9-12H2. The van der Waals surface area contributed by atoms with E-state index in [1.54, 1.807) is 5.57 Å². The monoisotopic (exact) mass is 254 g/mol. The molecule has 4 rings (SSSR count). The van der Waals surface area contributed by atoms with Gasteiger partial charge in [0.1, 0.15) is 17.9 Å². The molecule has 2 heteroatoms. The van der Waals surface area contributed by atoms with Crippen LogP contribution in [0.25, 0.3) is 5.57 Å². The van der Waals surface area contributed by atoms with Gasteiger partial charge in [0.25, 0.3) is 0 Å². The predicted molar refractivity (Wildman–Crippen MR) is 76.3 cm³/mol. The molecule has 19 heavy (non-hydrogen) atoms. The van der Waals surface area contributed by atoms with Crippen molar-refractivity contribution < 1.29 is 9.80 Å². The number of benzene rings is 1. The molecular formula is C17H22N2. The third-order valence-corrected chi connectivity index (χ3v) is 5.52. The van der Waals surface area contributed by atoms with Crippen molar-refractivity contribution in [1.82, 2.24) is 0 Å². The summed E-state index contributed by atoms with van der Waals surface area (Å²) in [6.45, 7) is 1.06. The highest BCUT2D eigenvalue weighted by Gasteiger charge is 2.47. The fourth-order valence-electron chi connectivity index (χ4n) is 4.38. The number of nitrogens with one attached hydrogen (secondary N) is 2. The van der Waals surface area contributed by atoms with E-state index >= 15 is 0 Å². The lowest BCUT2D eigenvalue weighted by molar-refractivity contribution is -0.922. The van der Waals surface area contributed by atoms with Crippen molar-refractivity contribution in [2.24, 2.45) is 0 Å². The van der Waals surface area contributed by atoms with Gasteiger partial charge in [-0.3, -0.25) is 0 Å². The van der Waals surface area contributed by atoms with Gasteiger partial charge in [-0.05, 0) is 25.0 Å². The van der Waals surface area contributed by atoms with Crippen molar-refractivity contribution in [3.05, 3.63) is 49.6 Å². The largest absolute Gasteiger partial charge is 0.455 e. The third-order valence-electron chi connectivity index (χ3n) is 5.52. The molecule has 3 aliphatic rings. The molecule has 0 aromatic heterocycles. The van der Waals surface area contributed by atoms with Gasteiger partial charge in [-0.25, -0.2) is 0 Å². The Hall–Kier alpha value is -1.12. The molecule has 1 aromatic rings. The minimum absolute atomic E-state index is 0.413. The van der Waals surface area contributed by atoms with Gasteiger partial charge in [-0.1, -0.05) is 12.1 Å². The second-order valence-corrected chi connectivity index (χ2v) is 6.43. The van der Waals surface area contributed by atoms with Crippen LogP contribution in [0.2, 0.25) is 0 Å². The number of para-hydroxylation sites is 1. The van der Waals surface area contributed by atoms with E-state index in [0.717, 1.165) is 6.54 Å². The summed E-state index contributed by atoms with van der Waals surface area (Å²) in [5.74, 6) is 0. The van der Waals surface area contributed by atoms with Gasteiger partial charge in [0, 0.05) is 30.4 Å². The Morgan fingerprint density at radius 1 is 1.05 bits per heavy atom. The molecule has 2 nitrogen and oxygen atoms in total. The second-order valence-electron chi connectivity index (χ2n) is 6.43. The number of fused-ring (bicyclic) bond motifs is 2. The zero-order valence-corrected chi connectivity index (χ0v) is 11.5. The third kappa shape index (κ3) is 1.50. The predicted octanol–water partition coefficient (Wildman–Crippen LogP) is 1.11. The van der Waals surface area contributed by atoms with Crippen LogP contribution in [0.3, 0.4) is 0 Å². The number of quaternary nitrogens is 2. The number of hydrogen-bond donors (Lipinski definition) is 2. The van der Waals surface area contributed by atoms with Crippen LogP contribution in [-0.2, 0) is 0 Å². The van der Waals surface area contributed by atoms with Gasteiger partial charge in [0.05, 0.1) is 5.54 Å². The average Bonchev–Trinajstić information content (AvgIpc) is 2.99. The quantitative estimate of drug-likeness (QED) is 0.642. The molecule has 2 atom stereocenters. The molecule has 0 amide bonds. The topological polar surface area (TPSA) is 8.88 Å². The SMILES string of the molecule is [CH2-][NH+]1C2=C(CC3(CCCC3)[NH+]([CH2-])C2)c2ccccc21. The smallest absolute Gasteiger partial charge is 0.143 e. The Bertz CT molecular complexity index is 552. The highest BCUT2D eigenvalue weighted by Crippen LogP contribution is 2.41. The molecule has 1 spiro atoms. The second kappa shape index (κ2) is 3.94. The van der Waals surface area contributed by atoms with Gasteiger partial charge < -0.3 is 9.80 Å². The Morgan fingerprint density at radius 2 is 1.79 bits per heavy atom. The fraction of sp³-hybridized carbons (Fsp3) is 0.412. The molecule has 1 aromatic carbocycles. The van der Waals surface area contributed by atoms with Crippen LogP contribution in [0.5, 0.6) is 0 Å². The van der Waals surface area contributed by atoms with E-state index in [-0.39, 0.29) is 0 Å². The van der Waals surface area contributed by atoms with Crippen molar-refractivity contribution in [2.45, 2.75) is 37.6 Å². The summed E-state index contributed by atoms with van der Waals surface area (Å²) >= 11 is 0. The van der Waals surface area contributed by atoms with E-state index in [2.05, 4.69) is 38.4 Å². The Labute approximate surface area is 115 Å². The van der Waals surface area contributed by atoms with Crippen molar-refractivity contribution in [1.29, 1.82) is 0 Å². The van der Waals surface area contributed by atoms with Crippen LogP contribution < -0.4 is 9.80 Å². The highest BCUT2D eigenvalue weighted by atomic mass is 15.2. The summed E-state index contributed by atoms with van der Waals surface area (Å²) in [6, 6.07) is 8.79. The van der Waals surface area contributed by atoms with Crippen molar-refractivity contribution in [3.8, 4) is 0 Å². The zero-order chi connectivity index (χ0) is 13.0. The maximum atomic E-state index is 4.43. The first-order chi connectivity index (χ1) is 9.21. The molecular weight excluding hydrogens is 232 g/mol. The van der Waals surface area contributed by atoms with Crippen LogP contribution in [0.15, 0.2) is 30.0 Å². The normalized spacial score (nSPS) is 31.7. The van der Waals surface area contributed by atoms with Crippen LogP contribution in [0.4, 0.5) is 5.69 Å². The summed E-state index contributed by atoms with van der Waals surface area (Å²) in [4.78, 5) is 2.72. The molecule has 0 bridgehead atoms. The maximum absolute atomic E-state index is 4.43. The average molecular weight is 254 g/mol. The molecule has 2 unspecified atom stereocenters.